The topological polar surface area (TPSA) is 60.3 Å². The van der Waals surface area contributed by atoms with Crippen LogP contribution in [-0.4, -0.2) is 44.5 Å². The molecule has 7 heteroatoms. The van der Waals surface area contributed by atoms with Crippen LogP contribution in [0.4, 0.5) is 4.39 Å². The molecule has 0 N–H and O–H groups in total. The predicted octanol–water partition coefficient (Wildman–Crippen LogP) is 3.26. The maximum absolute atomic E-state index is 14.3. The van der Waals surface area contributed by atoms with E-state index < -0.39 is 5.82 Å². The number of ether oxygens (including phenoxy) is 1. The highest BCUT2D eigenvalue weighted by Crippen LogP contribution is 2.22. The number of rotatable bonds is 5. The number of carbonyl (C=O) groups is 1. The Kier molecular flexibility index (Phi) is 5.06. The van der Waals surface area contributed by atoms with Crippen LogP contribution in [0.3, 0.4) is 0 Å². The fourth-order valence-corrected chi connectivity index (χ4v) is 3.35. The highest BCUT2D eigenvalue weighted by molar-refractivity contribution is 5.94. The Hall–Kier alpha value is -3.22. The Bertz CT molecular complexity index is 957. The summed E-state index contributed by atoms with van der Waals surface area (Å²) in [6, 6.07) is 11.4. The zero-order valence-corrected chi connectivity index (χ0v) is 15.6. The van der Waals surface area contributed by atoms with Gasteiger partial charge in [0, 0.05) is 36.6 Å². The Morgan fingerprint density at radius 2 is 1.96 bits per heavy atom. The third-order valence-electron chi connectivity index (χ3n) is 4.89. The Labute approximate surface area is 162 Å². The van der Waals surface area contributed by atoms with E-state index in [4.69, 9.17) is 4.74 Å². The maximum atomic E-state index is 14.3. The summed E-state index contributed by atoms with van der Waals surface area (Å²) < 4.78 is 22.0. The highest BCUT2D eigenvalue weighted by atomic mass is 19.1. The van der Waals surface area contributed by atoms with Crippen molar-refractivity contribution in [1.82, 2.24) is 19.4 Å². The Balaban J connectivity index is 1.40. The van der Waals surface area contributed by atoms with Gasteiger partial charge in [-0.3, -0.25) is 4.79 Å². The number of aryl methyl sites for hydroxylation is 1. The van der Waals surface area contributed by atoms with Crippen molar-refractivity contribution in [2.75, 3.05) is 13.1 Å². The van der Waals surface area contributed by atoms with E-state index in [1.807, 2.05) is 60.3 Å². The maximum Gasteiger partial charge on any atom is 0.254 e. The lowest BCUT2D eigenvalue weighted by molar-refractivity contribution is 0.0770. The molecule has 1 saturated heterocycles. The summed E-state index contributed by atoms with van der Waals surface area (Å²) in [5, 5.41) is 0. The molecule has 1 aliphatic rings. The number of likely N-dealkylation sites (tertiary alicyclic amines) is 1. The Morgan fingerprint density at radius 1 is 1.21 bits per heavy atom. The molecule has 1 amide bonds. The monoisotopic (exact) mass is 380 g/mol. The van der Waals surface area contributed by atoms with Crippen LogP contribution in [0.1, 0.15) is 29.4 Å². The van der Waals surface area contributed by atoms with Crippen LogP contribution in [-0.2, 0) is 6.42 Å². The summed E-state index contributed by atoms with van der Waals surface area (Å²) >= 11 is 0. The van der Waals surface area contributed by atoms with E-state index in [1.165, 1.54) is 6.33 Å². The van der Waals surface area contributed by atoms with E-state index in [-0.39, 0.29) is 17.9 Å². The molecule has 3 heterocycles. The molecule has 0 bridgehead atoms. The van der Waals surface area contributed by atoms with Gasteiger partial charge in [-0.1, -0.05) is 6.92 Å². The largest absolute Gasteiger partial charge is 0.470 e. The number of benzene rings is 1. The summed E-state index contributed by atoms with van der Waals surface area (Å²) in [6.45, 7) is 2.80. The second kappa shape index (κ2) is 7.80. The van der Waals surface area contributed by atoms with Crippen LogP contribution in [0.5, 0.6) is 5.88 Å². The van der Waals surface area contributed by atoms with E-state index >= 15 is 0 Å². The molecule has 0 aliphatic carbocycles. The van der Waals surface area contributed by atoms with E-state index in [0.29, 0.717) is 37.2 Å². The second-order valence-corrected chi connectivity index (χ2v) is 6.71. The lowest BCUT2D eigenvalue weighted by Crippen LogP contribution is -2.31. The van der Waals surface area contributed by atoms with E-state index in [9.17, 15) is 9.18 Å². The molecule has 0 spiro atoms. The average Bonchev–Trinajstić information content (AvgIpc) is 3.41. The van der Waals surface area contributed by atoms with Crippen molar-refractivity contribution in [1.29, 1.82) is 0 Å². The lowest BCUT2D eigenvalue weighted by atomic mass is 10.2. The quantitative estimate of drug-likeness (QED) is 0.682. The predicted molar refractivity (Wildman–Crippen MR) is 102 cm³/mol. The van der Waals surface area contributed by atoms with Crippen molar-refractivity contribution in [2.24, 2.45) is 0 Å². The smallest absolute Gasteiger partial charge is 0.254 e. The summed E-state index contributed by atoms with van der Waals surface area (Å²) in [5.74, 6) is -0.611. The molecular weight excluding hydrogens is 359 g/mol. The highest BCUT2D eigenvalue weighted by Gasteiger charge is 2.29. The van der Waals surface area contributed by atoms with Crippen LogP contribution in [0.25, 0.3) is 5.69 Å². The summed E-state index contributed by atoms with van der Waals surface area (Å²) in [4.78, 5) is 22.3. The molecule has 1 atom stereocenters. The van der Waals surface area contributed by atoms with Crippen LogP contribution in [0.15, 0.2) is 55.1 Å². The number of hydrogen-bond acceptors (Lipinski definition) is 4. The zero-order chi connectivity index (χ0) is 19.5. The van der Waals surface area contributed by atoms with Gasteiger partial charge < -0.3 is 14.2 Å². The number of halogens is 1. The van der Waals surface area contributed by atoms with Crippen molar-refractivity contribution in [3.63, 3.8) is 0 Å². The van der Waals surface area contributed by atoms with Crippen molar-refractivity contribution in [3.8, 4) is 11.6 Å². The summed E-state index contributed by atoms with van der Waals surface area (Å²) in [5.41, 5.74) is 1.95. The van der Waals surface area contributed by atoms with Crippen LogP contribution < -0.4 is 4.74 Å². The number of nitrogens with zero attached hydrogens (tertiary/aromatic N) is 4. The van der Waals surface area contributed by atoms with Gasteiger partial charge in [0.25, 0.3) is 11.8 Å². The molecule has 6 nitrogen and oxygen atoms in total. The fraction of sp³-hybridized carbons (Fsp3) is 0.286. The molecule has 3 aromatic rings. The molecule has 28 heavy (non-hydrogen) atoms. The second-order valence-electron chi connectivity index (χ2n) is 6.71. The molecule has 1 fully saturated rings. The van der Waals surface area contributed by atoms with E-state index in [2.05, 4.69) is 9.97 Å². The molecule has 0 unspecified atom stereocenters. The summed E-state index contributed by atoms with van der Waals surface area (Å²) in [6.07, 6.45) is 6.04. The zero-order valence-electron chi connectivity index (χ0n) is 15.6. The standard InChI is InChI=1S/C21H21FN4O2/c1-2-18-19(22)20(24-14-23-18)28-17-9-12-26(13-17)21(27)15-5-7-16(8-6-15)25-10-3-4-11-25/h3-8,10-11,14,17H,2,9,12-13H2,1H3/t17-/m0/s1. The van der Waals surface area contributed by atoms with Gasteiger partial charge in [-0.05, 0) is 42.8 Å². The van der Waals surface area contributed by atoms with E-state index in [0.717, 1.165) is 5.69 Å². The first-order chi connectivity index (χ1) is 13.7. The molecule has 2 aromatic heterocycles. The molecule has 1 aromatic carbocycles. The average molecular weight is 380 g/mol. The van der Waals surface area contributed by atoms with Gasteiger partial charge in [0.1, 0.15) is 12.4 Å². The first-order valence-corrected chi connectivity index (χ1v) is 9.34. The number of amides is 1. The SMILES string of the molecule is CCc1ncnc(O[C@H]2CCN(C(=O)c3ccc(-n4cccc4)cc3)C2)c1F. The Morgan fingerprint density at radius 3 is 2.68 bits per heavy atom. The molecule has 1 aliphatic heterocycles. The van der Waals surface area contributed by atoms with Crippen LogP contribution in [0, 0.1) is 5.82 Å². The van der Waals surface area contributed by atoms with Crippen LogP contribution >= 0.6 is 0 Å². The fourth-order valence-electron chi connectivity index (χ4n) is 3.35. The number of hydrogen-bond donors (Lipinski definition) is 0. The number of carbonyl (C=O) groups excluding carboxylic acids is 1. The van der Waals surface area contributed by atoms with Gasteiger partial charge >= 0.3 is 0 Å². The normalized spacial score (nSPS) is 16.4. The number of aromatic nitrogens is 3. The minimum atomic E-state index is -0.518. The van der Waals surface area contributed by atoms with Gasteiger partial charge in [-0.2, -0.15) is 9.37 Å². The van der Waals surface area contributed by atoms with E-state index in [1.54, 1.807) is 4.90 Å². The van der Waals surface area contributed by atoms with Crippen LogP contribution in [0.2, 0.25) is 0 Å². The van der Waals surface area contributed by atoms with Crippen molar-refractivity contribution in [3.05, 3.63) is 72.2 Å². The third-order valence-corrected chi connectivity index (χ3v) is 4.89. The molecule has 4 rings (SSSR count). The summed E-state index contributed by atoms with van der Waals surface area (Å²) in [7, 11) is 0. The molecular formula is C21H21FN4O2. The molecule has 0 radical (unpaired) electrons. The minimum Gasteiger partial charge on any atom is -0.470 e. The van der Waals surface area contributed by atoms with Gasteiger partial charge in [-0.25, -0.2) is 4.98 Å². The van der Waals surface area contributed by atoms with Crippen molar-refractivity contribution >= 4 is 5.91 Å². The molecule has 0 saturated carbocycles. The first-order valence-electron chi connectivity index (χ1n) is 9.34. The van der Waals surface area contributed by atoms with Crippen molar-refractivity contribution in [2.45, 2.75) is 25.9 Å². The van der Waals surface area contributed by atoms with Gasteiger partial charge in [0.15, 0.2) is 0 Å². The lowest BCUT2D eigenvalue weighted by Gasteiger charge is -2.17. The van der Waals surface area contributed by atoms with Crippen molar-refractivity contribution < 1.29 is 13.9 Å². The third kappa shape index (κ3) is 3.60. The molecule has 144 valence electrons. The van der Waals surface area contributed by atoms with Gasteiger partial charge in [0.05, 0.1) is 12.2 Å². The minimum absolute atomic E-state index is 0.0396. The van der Waals surface area contributed by atoms with Gasteiger partial charge in [-0.15, -0.1) is 0 Å². The first kappa shape index (κ1) is 18.2. The van der Waals surface area contributed by atoms with Gasteiger partial charge in [0.2, 0.25) is 5.82 Å².